The third-order valence-electron chi connectivity index (χ3n) is 5.45. The molecule has 2 rings (SSSR count). The van der Waals surface area contributed by atoms with Gasteiger partial charge < -0.3 is 14.6 Å². The van der Waals surface area contributed by atoms with E-state index in [1.165, 1.54) is 12.1 Å². The zero-order valence-corrected chi connectivity index (χ0v) is 22.7. The summed E-state index contributed by atoms with van der Waals surface area (Å²) < 4.78 is 61.2. The van der Waals surface area contributed by atoms with E-state index in [9.17, 15) is 22.3 Å². The summed E-state index contributed by atoms with van der Waals surface area (Å²) in [6.45, 7) is 4.24. The Bertz CT molecular complexity index is 1070. The molecule has 196 valence electrons. The van der Waals surface area contributed by atoms with Crippen molar-refractivity contribution in [2.75, 3.05) is 24.5 Å². The fraction of sp³-hybridized carbons (Fsp3) is 0.500. The standard InChI is InChI=1S/C24H29Cl3F2O5S/c1-23(2,17-14-19(26)22(20(27)15-17)33-12-5-11-25)16-7-9-18(10-8-16)34-24(28,29)21(30)6-4-13-35(3,31)32/h7-10,14-15,21,30H,4-6,11-13H2,1-3H3. The maximum Gasteiger partial charge on any atom is 0.424 e. The van der Waals surface area contributed by atoms with Crippen LogP contribution in [0.25, 0.3) is 0 Å². The van der Waals surface area contributed by atoms with Crippen LogP contribution in [-0.2, 0) is 15.3 Å². The van der Waals surface area contributed by atoms with Crippen molar-refractivity contribution in [3.8, 4) is 11.5 Å². The SMILES string of the molecule is CC(C)(c1ccc(OC(F)(F)C(O)CCCS(C)(=O)=O)cc1)c1cc(Cl)c(OCCCCl)c(Cl)c1. The molecule has 0 saturated heterocycles. The summed E-state index contributed by atoms with van der Waals surface area (Å²) in [5, 5.41) is 10.5. The van der Waals surface area contributed by atoms with Crippen LogP contribution in [0.2, 0.25) is 10.0 Å². The minimum absolute atomic E-state index is 0.103. The quantitative estimate of drug-likeness (QED) is 0.219. The normalized spacial score (nSPS) is 13.5. The van der Waals surface area contributed by atoms with E-state index in [0.29, 0.717) is 34.7 Å². The number of halogens is 5. The number of aliphatic hydroxyl groups is 1. The molecule has 35 heavy (non-hydrogen) atoms. The Morgan fingerprint density at radius 1 is 1.03 bits per heavy atom. The van der Waals surface area contributed by atoms with E-state index < -0.39 is 33.9 Å². The van der Waals surface area contributed by atoms with Gasteiger partial charge in [0.25, 0.3) is 0 Å². The lowest BCUT2D eigenvalue weighted by atomic mass is 9.78. The fourth-order valence-electron chi connectivity index (χ4n) is 3.33. The smallest absolute Gasteiger partial charge is 0.424 e. The molecule has 0 aliphatic carbocycles. The highest BCUT2D eigenvalue weighted by Crippen LogP contribution is 2.41. The Morgan fingerprint density at radius 2 is 1.60 bits per heavy atom. The van der Waals surface area contributed by atoms with Crippen molar-refractivity contribution in [1.29, 1.82) is 0 Å². The average Bonchev–Trinajstić information content (AvgIpc) is 2.74. The van der Waals surface area contributed by atoms with Crippen molar-refractivity contribution >= 4 is 44.6 Å². The molecule has 1 unspecified atom stereocenters. The van der Waals surface area contributed by atoms with Gasteiger partial charge >= 0.3 is 6.11 Å². The number of benzene rings is 2. The van der Waals surface area contributed by atoms with Crippen LogP contribution in [0.3, 0.4) is 0 Å². The molecule has 11 heteroatoms. The second kappa shape index (κ2) is 12.3. The first kappa shape index (κ1) is 29.9. The predicted octanol–water partition coefficient (Wildman–Crippen LogP) is 6.48. The van der Waals surface area contributed by atoms with Crippen LogP contribution in [0.5, 0.6) is 11.5 Å². The summed E-state index contributed by atoms with van der Waals surface area (Å²) in [6, 6.07) is 9.51. The summed E-state index contributed by atoms with van der Waals surface area (Å²) in [5.41, 5.74) is 0.982. The molecule has 2 aromatic carbocycles. The maximum atomic E-state index is 14.3. The summed E-state index contributed by atoms with van der Waals surface area (Å²) in [4.78, 5) is 0. The van der Waals surface area contributed by atoms with Crippen LogP contribution in [-0.4, -0.2) is 50.2 Å². The molecule has 0 aromatic heterocycles. The van der Waals surface area contributed by atoms with Gasteiger partial charge in [0.2, 0.25) is 0 Å². The van der Waals surface area contributed by atoms with Gasteiger partial charge in [0.15, 0.2) is 11.9 Å². The highest BCUT2D eigenvalue weighted by atomic mass is 35.5. The molecule has 0 saturated carbocycles. The second-order valence-electron chi connectivity index (χ2n) is 8.76. The number of ether oxygens (including phenoxy) is 2. The van der Waals surface area contributed by atoms with Gasteiger partial charge in [0, 0.05) is 23.3 Å². The molecular formula is C24H29Cl3F2O5S. The number of hydrogen-bond acceptors (Lipinski definition) is 5. The monoisotopic (exact) mass is 572 g/mol. The molecular weight excluding hydrogens is 545 g/mol. The van der Waals surface area contributed by atoms with Gasteiger partial charge in [-0.15, -0.1) is 11.6 Å². The van der Waals surface area contributed by atoms with Gasteiger partial charge in [-0.2, -0.15) is 8.78 Å². The molecule has 1 atom stereocenters. The Kier molecular flexibility index (Phi) is 10.5. The topological polar surface area (TPSA) is 72.8 Å². The maximum absolute atomic E-state index is 14.3. The largest absolute Gasteiger partial charge is 0.490 e. The number of aliphatic hydroxyl groups excluding tert-OH is 1. The molecule has 0 amide bonds. The van der Waals surface area contributed by atoms with E-state index in [2.05, 4.69) is 0 Å². The molecule has 5 nitrogen and oxygen atoms in total. The number of rotatable bonds is 13. The Hall–Kier alpha value is -1.32. The minimum Gasteiger partial charge on any atom is -0.490 e. The van der Waals surface area contributed by atoms with Gasteiger partial charge in [-0.3, -0.25) is 0 Å². The summed E-state index contributed by atoms with van der Waals surface area (Å²) in [7, 11) is -3.30. The highest BCUT2D eigenvalue weighted by Gasteiger charge is 2.41. The van der Waals surface area contributed by atoms with Gasteiger partial charge in [-0.25, -0.2) is 8.42 Å². The van der Waals surface area contributed by atoms with Gasteiger partial charge in [0.05, 0.1) is 16.7 Å². The van der Waals surface area contributed by atoms with Crippen molar-refractivity contribution < 1.29 is 31.8 Å². The third-order valence-corrected chi connectivity index (χ3v) is 7.31. The number of alkyl halides is 3. The molecule has 0 fully saturated rings. The van der Waals surface area contributed by atoms with Crippen molar-refractivity contribution in [3.63, 3.8) is 0 Å². The van der Waals surface area contributed by atoms with Crippen molar-refractivity contribution in [1.82, 2.24) is 0 Å². The van der Waals surface area contributed by atoms with E-state index >= 15 is 0 Å². The van der Waals surface area contributed by atoms with Crippen LogP contribution in [0, 0.1) is 0 Å². The van der Waals surface area contributed by atoms with Gasteiger partial charge in [-0.05, 0) is 54.7 Å². The number of sulfone groups is 1. The lowest BCUT2D eigenvalue weighted by Crippen LogP contribution is -2.39. The molecule has 1 N–H and O–H groups in total. The Labute approximate surface area is 220 Å². The molecule has 0 aliphatic rings. The van der Waals surface area contributed by atoms with Crippen LogP contribution in [0.1, 0.15) is 44.2 Å². The molecule has 2 aromatic rings. The van der Waals surface area contributed by atoms with Crippen LogP contribution in [0.4, 0.5) is 8.78 Å². The molecule has 0 radical (unpaired) electrons. The van der Waals surface area contributed by atoms with E-state index in [1.54, 1.807) is 24.3 Å². The van der Waals surface area contributed by atoms with Crippen LogP contribution >= 0.6 is 34.8 Å². The summed E-state index contributed by atoms with van der Waals surface area (Å²) >= 11 is 18.5. The predicted molar refractivity (Wildman–Crippen MR) is 136 cm³/mol. The highest BCUT2D eigenvalue weighted by molar-refractivity contribution is 7.90. The van der Waals surface area contributed by atoms with Gasteiger partial charge in [-0.1, -0.05) is 49.2 Å². The Balaban J connectivity index is 2.13. The summed E-state index contributed by atoms with van der Waals surface area (Å²) in [6.07, 6.45) is -4.90. The first-order valence-electron chi connectivity index (χ1n) is 10.9. The summed E-state index contributed by atoms with van der Waals surface area (Å²) in [5.74, 6) is 0.391. The first-order valence-corrected chi connectivity index (χ1v) is 14.2. The molecule has 0 heterocycles. The molecule has 0 spiro atoms. The number of hydrogen-bond donors (Lipinski definition) is 1. The first-order chi connectivity index (χ1) is 16.2. The van der Waals surface area contributed by atoms with E-state index in [0.717, 1.165) is 17.4 Å². The Morgan fingerprint density at radius 3 is 2.11 bits per heavy atom. The van der Waals surface area contributed by atoms with Crippen molar-refractivity contribution in [2.24, 2.45) is 0 Å². The van der Waals surface area contributed by atoms with Crippen molar-refractivity contribution in [3.05, 3.63) is 57.6 Å². The van der Waals surface area contributed by atoms with E-state index in [-0.39, 0.29) is 17.9 Å². The van der Waals surface area contributed by atoms with Crippen LogP contribution in [0.15, 0.2) is 36.4 Å². The van der Waals surface area contributed by atoms with E-state index in [1.807, 2.05) is 13.8 Å². The van der Waals surface area contributed by atoms with E-state index in [4.69, 9.17) is 44.3 Å². The fourth-order valence-corrected chi connectivity index (χ4v) is 4.72. The third kappa shape index (κ3) is 8.64. The molecule has 0 aliphatic heterocycles. The van der Waals surface area contributed by atoms with Crippen LogP contribution < -0.4 is 9.47 Å². The average molecular weight is 574 g/mol. The lowest BCUT2D eigenvalue weighted by molar-refractivity contribution is -0.240. The minimum atomic E-state index is -3.88. The second-order valence-corrected chi connectivity index (χ2v) is 12.2. The molecule has 0 bridgehead atoms. The van der Waals surface area contributed by atoms with Gasteiger partial charge in [0.1, 0.15) is 15.6 Å². The lowest BCUT2D eigenvalue weighted by Gasteiger charge is -2.28. The zero-order chi connectivity index (χ0) is 26.4. The zero-order valence-electron chi connectivity index (χ0n) is 19.7. The van der Waals surface area contributed by atoms with Crippen molar-refractivity contribution in [2.45, 2.75) is 50.7 Å².